The van der Waals surface area contributed by atoms with Crippen molar-refractivity contribution in [2.75, 3.05) is 6.54 Å². The highest BCUT2D eigenvalue weighted by Crippen LogP contribution is 2.31. The summed E-state index contributed by atoms with van der Waals surface area (Å²) in [5.41, 5.74) is 1.26. The summed E-state index contributed by atoms with van der Waals surface area (Å²) in [4.78, 5) is 14.9. The molecule has 4 rings (SSSR count). The number of carbonyl (C=O) groups is 1. The van der Waals surface area contributed by atoms with Gasteiger partial charge in [0.15, 0.2) is 0 Å². The number of likely N-dealkylation sites (tertiary alicyclic amines) is 1. The fraction of sp³-hybridized carbons (Fsp3) is 0.476. The fourth-order valence-electron chi connectivity index (χ4n) is 4.34. The first-order valence-electron chi connectivity index (χ1n) is 9.17. The minimum absolute atomic E-state index is 0.123. The average molecular weight is 323 g/mol. The maximum absolute atomic E-state index is 12.8. The van der Waals surface area contributed by atoms with Gasteiger partial charge in [0.05, 0.1) is 6.10 Å². The summed E-state index contributed by atoms with van der Waals surface area (Å²) in [5, 5.41) is 12.2. The molecular weight excluding hydrogens is 298 g/mol. The number of benzene rings is 2. The molecule has 1 aliphatic heterocycles. The van der Waals surface area contributed by atoms with E-state index in [9.17, 15) is 9.90 Å². The summed E-state index contributed by atoms with van der Waals surface area (Å²) >= 11 is 0. The second kappa shape index (κ2) is 6.56. The molecule has 1 unspecified atom stereocenters. The van der Waals surface area contributed by atoms with Crippen molar-refractivity contribution < 1.29 is 9.90 Å². The Kier molecular flexibility index (Phi) is 4.28. The van der Waals surface area contributed by atoms with Crippen LogP contribution < -0.4 is 0 Å². The Morgan fingerprint density at radius 2 is 1.71 bits per heavy atom. The monoisotopic (exact) mass is 323 g/mol. The van der Waals surface area contributed by atoms with Gasteiger partial charge in [-0.25, -0.2) is 0 Å². The van der Waals surface area contributed by atoms with E-state index in [0.717, 1.165) is 45.1 Å². The molecule has 1 heterocycles. The topological polar surface area (TPSA) is 40.5 Å². The van der Waals surface area contributed by atoms with Crippen molar-refractivity contribution in [3.8, 4) is 0 Å². The van der Waals surface area contributed by atoms with Gasteiger partial charge in [-0.1, -0.05) is 42.5 Å². The molecule has 0 radical (unpaired) electrons. The van der Waals surface area contributed by atoms with Crippen LogP contribution in [0, 0.1) is 5.92 Å². The van der Waals surface area contributed by atoms with Gasteiger partial charge in [0.25, 0.3) is 0 Å². The van der Waals surface area contributed by atoms with Gasteiger partial charge in [-0.15, -0.1) is 0 Å². The number of rotatable bonds is 3. The molecule has 0 aromatic heterocycles. The average Bonchev–Trinajstić information content (AvgIpc) is 2.96. The van der Waals surface area contributed by atoms with Crippen molar-refractivity contribution in [1.29, 1.82) is 0 Å². The number of aliphatic hydroxyl groups is 1. The van der Waals surface area contributed by atoms with Crippen LogP contribution >= 0.6 is 0 Å². The minimum atomic E-state index is -0.160. The number of hydrogen-bond acceptors (Lipinski definition) is 2. The lowest BCUT2D eigenvalue weighted by Crippen LogP contribution is -2.41. The second-order valence-corrected chi connectivity index (χ2v) is 7.37. The number of amides is 1. The summed E-state index contributed by atoms with van der Waals surface area (Å²) < 4.78 is 0. The SMILES string of the molecule is O=C1C(Cc2ccc3ccccc3c2)CCN1C1CCC(O)CC1. The van der Waals surface area contributed by atoms with Gasteiger partial charge in [0.2, 0.25) is 5.91 Å². The molecule has 2 aromatic carbocycles. The first kappa shape index (κ1) is 15.6. The Balaban J connectivity index is 1.44. The van der Waals surface area contributed by atoms with E-state index in [1.165, 1.54) is 16.3 Å². The number of nitrogens with zero attached hydrogens (tertiary/aromatic N) is 1. The van der Waals surface area contributed by atoms with Gasteiger partial charge in [-0.05, 0) is 54.9 Å². The molecule has 24 heavy (non-hydrogen) atoms. The molecule has 1 atom stereocenters. The van der Waals surface area contributed by atoms with E-state index in [4.69, 9.17) is 0 Å². The molecule has 0 bridgehead atoms. The molecule has 1 N–H and O–H groups in total. The maximum Gasteiger partial charge on any atom is 0.226 e. The second-order valence-electron chi connectivity index (χ2n) is 7.37. The Hall–Kier alpha value is -1.87. The molecule has 0 spiro atoms. The standard InChI is InChI=1S/C21H25NO2/c23-20-9-7-19(8-10-20)22-12-11-18(21(22)24)14-15-5-6-16-3-1-2-4-17(16)13-15/h1-6,13,18-20,23H,7-12,14H2. The minimum Gasteiger partial charge on any atom is -0.393 e. The van der Waals surface area contributed by atoms with E-state index >= 15 is 0 Å². The summed E-state index contributed by atoms with van der Waals surface area (Å²) in [6, 6.07) is 15.3. The Morgan fingerprint density at radius 3 is 2.50 bits per heavy atom. The van der Waals surface area contributed by atoms with E-state index in [1.807, 2.05) is 0 Å². The predicted octanol–water partition coefficient (Wildman–Crippen LogP) is 3.53. The van der Waals surface area contributed by atoms with Gasteiger partial charge >= 0.3 is 0 Å². The maximum atomic E-state index is 12.8. The Labute approximate surface area is 143 Å². The van der Waals surface area contributed by atoms with Crippen LogP contribution in [0.15, 0.2) is 42.5 Å². The van der Waals surface area contributed by atoms with Crippen molar-refractivity contribution in [1.82, 2.24) is 4.90 Å². The zero-order valence-corrected chi connectivity index (χ0v) is 14.0. The number of hydrogen-bond donors (Lipinski definition) is 1. The van der Waals surface area contributed by atoms with Crippen molar-refractivity contribution in [2.24, 2.45) is 5.92 Å². The van der Waals surface area contributed by atoms with Gasteiger partial charge in [-0.3, -0.25) is 4.79 Å². The highest BCUT2D eigenvalue weighted by Gasteiger charge is 2.36. The quantitative estimate of drug-likeness (QED) is 0.938. The van der Waals surface area contributed by atoms with E-state index in [1.54, 1.807) is 0 Å². The largest absolute Gasteiger partial charge is 0.393 e. The van der Waals surface area contributed by atoms with E-state index in [2.05, 4.69) is 47.4 Å². The molecule has 3 heteroatoms. The van der Waals surface area contributed by atoms with Crippen LogP contribution in [-0.4, -0.2) is 34.6 Å². The van der Waals surface area contributed by atoms with E-state index < -0.39 is 0 Å². The molecule has 1 saturated heterocycles. The summed E-state index contributed by atoms with van der Waals surface area (Å²) in [7, 11) is 0. The smallest absolute Gasteiger partial charge is 0.226 e. The van der Waals surface area contributed by atoms with Gasteiger partial charge in [0.1, 0.15) is 0 Å². The van der Waals surface area contributed by atoms with Crippen LogP contribution in [0.4, 0.5) is 0 Å². The third-order valence-electron chi connectivity index (χ3n) is 5.75. The van der Waals surface area contributed by atoms with E-state index in [0.29, 0.717) is 11.9 Å². The van der Waals surface area contributed by atoms with Crippen molar-refractivity contribution in [2.45, 2.75) is 50.7 Å². The highest BCUT2D eigenvalue weighted by atomic mass is 16.3. The van der Waals surface area contributed by atoms with Crippen LogP contribution in [-0.2, 0) is 11.2 Å². The molecule has 1 aliphatic carbocycles. The van der Waals surface area contributed by atoms with Crippen LogP contribution in [0.5, 0.6) is 0 Å². The zero-order chi connectivity index (χ0) is 16.5. The normalized spacial score (nSPS) is 27.8. The molecule has 2 aromatic rings. The van der Waals surface area contributed by atoms with Crippen LogP contribution in [0.25, 0.3) is 10.8 Å². The van der Waals surface area contributed by atoms with Gasteiger partial charge in [0, 0.05) is 18.5 Å². The van der Waals surface area contributed by atoms with Crippen molar-refractivity contribution >= 4 is 16.7 Å². The molecule has 3 nitrogen and oxygen atoms in total. The molecule has 2 fully saturated rings. The highest BCUT2D eigenvalue weighted by molar-refractivity contribution is 5.84. The third-order valence-corrected chi connectivity index (χ3v) is 5.75. The van der Waals surface area contributed by atoms with Crippen LogP contribution in [0.1, 0.15) is 37.7 Å². The van der Waals surface area contributed by atoms with Crippen LogP contribution in [0.2, 0.25) is 0 Å². The lowest BCUT2D eigenvalue weighted by Gasteiger charge is -2.33. The summed E-state index contributed by atoms with van der Waals surface area (Å²) in [6.07, 6.45) is 5.23. The van der Waals surface area contributed by atoms with Gasteiger partial charge in [-0.2, -0.15) is 0 Å². The first-order chi connectivity index (χ1) is 11.7. The Bertz CT molecular complexity index is 733. The lowest BCUT2D eigenvalue weighted by atomic mass is 9.92. The van der Waals surface area contributed by atoms with Crippen LogP contribution in [0.3, 0.4) is 0 Å². The number of fused-ring (bicyclic) bond motifs is 1. The van der Waals surface area contributed by atoms with E-state index in [-0.39, 0.29) is 12.0 Å². The summed E-state index contributed by atoms with van der Waals surface area (Å²) in [5.74, 6) is 0.447. The summed E-state index contributed by atoms with van der Waals surface area (Å²) in [6.45, 7) is 0.887. The third kappa shape index (κ3) is 3.05. The van der Waals surface area contributed by atoms with Crippen molar-refractivity contribution in [3.05, 3.63) is 48.0 Å². The molecular formula is C21H25NO2. The predicted molar refractivity (Wildman–Crippen MR) is 95.7 cm³/mol. The molecule has 1 saturated carbocycles. The number of aliphatic hydroxyl groups excluding tert-OH is 1. The molecule has 1 amide bonds. The number of carbonyl (C=O) groups excluding carboxylic acids is 1. The molecule has 126 valence electrons. The molecule has 2 aliphatic rings. The Morgan fingerprint density at radius 1 is 0.958 bits per heavy atom. The van der Waals surface area contributed by atoms with Crippen molar-refractivity contribution in [3.63, 3.8) is 0 Å². The first-order valence-corrected chi connectivity index (χ1v) is 9.17. The fourth-order valence-corrected chi connectivity index (χ4v) is 4.34. The zero-order valence-electron chi connectivity index (χ0n) is 14.0. The van der Waals surface area contributed by atoms with Gasteiger partial charge < -0.3 is 10.0 Å². The lowest BCUT2D eigenvalue weighted by molar-refractivity contribution is -0.133.